The summed E-state index contributed by atoms with van der Waals surface area (Å²) in [5.74, 6) is 0.806. The number of pyridine rings is 1. The van der Waals surface area contributed by atoms with Crippen LogP contribution in [0.1, 0.15) is 56.1 Å². The van der Waals surface area contributed by atoms with E-state index in [0.29, 0.717) is 18.4 Å². The van der Waals surface area contributed by atoms with E-state index in [-0.39, 0.29) is 29.2 Å². The number of benzene rings is 1. The van der Waals surface area contributed by atoms with Crippen LogP contribution < -0.4 is 0 Å². The number of hydrogen-bond donors (Lipinski definition) is 0. The molecule has 0 unspecified atom stereocenters. The van der Waals surface area contributed by atoms with Gasteiger partial charge in [0, 0.05) is 64.8 Å². The number of Topliss-reactive ketones (excluding diaryl/α,β-unsaturated/α-hetero) is 3. The largest absolute Gasteiger partial charge is 0.299 e. The highest BCUT2D eigenvalue weighted by Gasteiger charge is 2.65. The minimum atomic E-state index is -1.28. The van der Waals surface area contributed by atoms with Crippen molar-refractivity contribution in [3.63, 3.8) is 0 Å². The Hall–Kier alpha value is -2.18. The Kier molecular flexibility index (Phi) is 5.86. The second-order valence-electron chi connectivity index (χ2n) is 9.94. The lowest BCUT2D eigenvalue weighted by Crippen LogP contribution is -2.58. The van der Waals surface area contributed by atoms with Crippen molar-refractivity contribution in [1.29, 1.82) is 0 Å². The molecule has 2 heterocycles. The Bertz CT molecular complexity index is 1110. The van der Waals surface area contributed by atoms with Crippen LogP contribution in [0, 0.1) is 10.8 Å². The lowest BCUT2D eigenvalue weighted by molar-refractivity contribution is -0.153. The van der Waals surface area contributed by atoms with E-state index in [9.17, 15) is 14.4 Å². The summed E-state index contributed by atoms with van der Waals surface area (Å²) in [6.07, 6.45) is 4.24. The second-order valence-corrected chi connectivity index (χ2v) is 12.4. The van der Waals surface area contributed by atoms with Gasteiger partial charge in [0.1, 0.15) is 17.0 Å². The third kappa shape index (κ3) is 3.71. The molecule has 2 aliphatic carbocycles. The highest BCUT2D eigenvalue weighted by Crippen LogP contribution is 2.63. The number of nitrogens with zero attached hydrogens (tertiary/aromatic N) is 1. The lowest BCUT2D eigenvalue weighted by Gasteiger charge is -2.52. The summed E-state index contributed by atoms with van der Waals surface area (Å²) in [5, 5.41) is 0. The molecule has 0 amide bonds. The Morgan fingerprint density at radius 1 is 0.848 bits per heavy atom. The monoisotopic (exact) mass is 477 g/mol. The van der Waals surface area contributed by atoms with E-state index >= 15 is 0 Å². The Labute approximate surface area is 203 Å². The number of thioether (sulfide) groups is 2. The van der Waals surface area contributed by atoms with Gasteiger partial charge in [0.15, 0.2) is 5.78 Å². The van der Waals surface area contributed by atoms with Crippen LogP contribution in [0.4, 0.5) is 0 Å². The zero-order chi connectivity index (χ0) is 23.2. The maximum Gasteiger partial charge on any atom is 0.161 e. The molecule has 1 saturated heterocycles. The zero-order valence-corrected chi connectivity index (χ0v) is 20.5. The quantitative estimate of drug-likeness (QED) is 0.417. The average Bonchev–Trinajstić information content (AvgIpc) is 3.32. The topological polar surface area (TPSA) is 64.1 Å². The van der Waals surface area contributed by atoms with Gasteiger partial charge in [-0.25, -0.2) is 0 Å². The van der Waals surface area contributed by atoms with Crippen molar-refractivity contribution in [3.8, 4) is 0 Å². The highest BCUT2D eigenvalue weighted by molar-refractivity contribution is 8.25. The Morgan fingerprint density at radius 3 is 2.06 bits per heavy atom. The fourth-order valence-corrected chi connectivity index (χ4v) is 8.53. The van der Waals surface area contributed by atoms with Crippen LogP contribution in [0.5, 0.6) is 0 Å². The van der Waals surface area contributed by atoms with Crippen LogP contribution in [0.25, 0.3) is 0 Å². The molecule has 6 heteroatoms. The van der Waals surface area contributed by atoms with Gasteiger partial charge in [0.2, 0.25) is 0 Å². The molecule has 1 spiro atoms. The molecule has 0 N–H and O–H groups in total. The van der Waals surface area contributed by atoms with Crippen molar-refractivity contribution >= 4 is 40.9 Å². The molecule has 170 valence electrons. The molecule has 0 radical (unpaired) electrons. The van der Waals surface area contributed by atoms with Crippen LogP contribution in [-0.4, -0.2) is 33.8 Å². The highest BCUT2D eigenvalue weighted by atomic mass is 32.2. The first-order chi connectivity index (χ1) is 15.8. The van der Waals surface area contributed by atoms with Gasteiger partial charge >= 0.3 is 0 Å². The van der Waals surface area contributed by atoms with Gasteiger partial charge in [-0.05, 0) is 28.7 Å². The first-order valence-electron chi connectivity index (χ1n) is 11.4. The fraction of sp³-hybridized carbons (Fsp3) is 0.407. The van der Waals surface area contributed by atoms with Crippen LogP contribution in [0.3, 0.4) is 0 Å². The summed E-state index contributed by atoms with van der Waals surface area (Å²) < 4.78 is 0.984. The molecule has 0 bridgehead atoms. The van der Waals surface area contributed by atoms with Crippen molar-refractivity contribution in [1.82, 2.24) is 4.98 Å². The number of carbonyl (C=O) groups excluding carboxylic acids is 3. The summed E-state index contributed by atoms with van der Waals surface area (Å²) in [6.45, 7) is 3.98. The zero-order valence-electron chi connectivity index (χ0n) is 18.9. The van der Waals surface area contributed by atoms with E-state index in [1.165, 1.54) is 0 Å². The molecule has 1 aromatic heterocycles. The summed E-state index contributed by atoms with van der Waals surface area (Å²) in [6, 6.07) is 13.4. The fourth-order valence-electron chi connectivity index (χ4n) is 5.89. The van der Waals surface area contributed by atoms with Gasteiger partial charge < -0.3 is 0 Å². The number of carbonyl (C=O) groups is 3. The second kappa shape index (κ2) is 8.55. The smallest absolute Gasteiger partial charge is 0.161 e. The molecule has 2 atom stereocenters. The van der Waals surface area contributed by atoms with Crippen molar-refractivity contribution in [2.45, 2.75) is 44.9 Å². The summed E-state index contributed by atoms with van der Waals surface area (Å²) in [7, 11) is 0. The Morgan fingerprint density at radius 2 is 1.45 bits per heavy atom. The molecule has 3 fully saturated rings. The summed E-state index contributed by atoms with van der Waals surface area (Å²) >= 11 is 3.36. The molecule has 1 aliphatic heterocycles. The molecule has 5 rings (SSSR count). The van der Waals surface area contributed by atoms with Crippen LogP contribution in [-0.2, 0) is 14.4 Å². The minimum absolute atomic E-state index is 0.0296. The predicted molar refractivity (Wildman–Crippen MR) is 133 cm³/mol. The number of aromatic nitrogens is 1. The molecular weight excluding hydrogens is 450 g/mol. The average molecular weight is 478 g/mol. The van der Waals surface area contributed by atoms with E-state index in [4.69, 9.17) is 0 Å². The SMILES string of the molecule is CC1(C)CC(=O)C2(C(=O)C1)[C@@H](c1ccccc1)CC(=O)C(=C1SCCS1)[C@H]2c1ccncc1. The maximum absolute atomic E-state index is 14.2. The molecule has 2 saturated carbocycles. The van der Waals surface area contributed by atoms with Gasteiger partial charge in [-0.3, -0.25) is 19.4 Å². The van der Waals surface area contributed by atoms with Crippen molar-refractivity contribution in [2.75, 3.05) is 11.5 Å². The first-order valence-corrected chi connectivity index (χ1v) is 13.4. The standard InChI is InChI=1S/C27H27NO3S2/c1-26(2)15-21(30)27(22(31)16-26)19(17-6-4-3-5-7-17)14-20(29)23(25-32-12-13-33-25)24(27)18-8-10-28-11-9-18/h3-11,19,24H,12-16H2,1-2H3/t19-,24-/m1/s1. The van der Waals surface area contributed by atoms with Gasteiger partial charge in [-0.1, -0.05) is 44.2 Å². The van der Waals surface area contributed by atoms with Crippen molar-refractivity contribution < 1.29 is 14.4 Å². The predicted octanol–water partition coefficient (Wildman–Crippen LogP) is 5.56. The van der Waals surface area contributed by atoms with Crippen molar-refractivity contribution in [2.24, 2.45) is 10.8 Å². The molecular formula is C27H27NO3S2. The van der Waals surface area contributed by atoms with Gasteiger partial charge in [0.25, 0.3) is 0 Å². The maximum atomic E-state index is 14.2. The van der Waals surface area contributed by atoms with E-state index in [1.807, 2.05) is 56.3 Å². The Balaban J connectivity index is 1.82. The van der Waals surface area contributed by atoms with E-state index in [1.54, 1.807) is 35.9 Å². The van der Waals surface area contributed by atoms with Crippen LogP contribution in [0.2, 0.25) is 0 Å². The molecule has 33 heavy (non-hydrogen) atoms. The molecule has 2 aromatic rings. The lowest BCUT2D eigenvalue weighted by atomic mass is 9.47. The van der Waals surface area contributed by atoms with Gasteiger partial charge in [-0.2, -0.15) is 0 Å². The van der Waals surface area contributed by atoms with Crippen LogP contribution in [0.15, 0.2) is 64.7 Å². The molecule has 4 nitrogen and oxygen atoms in total. The third-order valence-corrected chi connectivity index (χ3v) is 9.94. The number of allylic oxidation sites excluding steroid dienone is 1. The minimum Gasteiger partial charge on any atom is -0.299 e. The summed E-state index contributed by atoms with van der Waals surface area (Å²) in [5.41, 5.74) is 0.730. The van der Waals surface area contributed by atoms with Gasteiger partial charge in [-0.15, -0.1) is 23.5 Å². The van der Waals surface area contributed by atoms with E-state index < -0.39 is 17.3 Å². The number of rotatable bonds is 2. The number of ketones is 3. The van der Waals surface area contributed by atoms with Gasteiger partial charge in [0.05, 0.1) is 0 Å². The third-order valence-electron chi connectivity index (χ3n) is 7.20. The first kappa shape index (κ1) is 22.6. The molecule has 3 aliphatic rings. The normalized spacial score (nSPS) is 26.8. The number of hydrogen-bond acceptors (Lipinski definition) is 6. The van der Waals surface area contributed by atoms with Crippen LogP contribution >= 0.6 is 23.5 Å². The molecule has 1 aromatic carbocycles. The van der Waals surface area contributed by atoms with Crippen molar-refractivity contribution in [3.05, 3.63) is 75.8 Å². The van der Waals surface area contributed by atoms with E-state index in [2.05, 4.69) is 4.98 Å². The van der Waals surface area contributed by atoms with E-state index in [0.717, 1.165) is 26.9 Å². The summed E-state index contributed by atoms with van der Waals surface area (Å²) in [4.78, 5) is 46.5.